The van der Waals surface area contributed by atoms with Gasteiger partial charge in [0.1, 0.15) is 0 Å². The third-order valence-electron chi connectivity index (χ3n) is 3.67. The van der Waals surface area contributed by atoms with Gasteiger partial charge in [-0.05, 0) is 44.4 Å². The van der Waals surface area contributed by atoms with Crippen molar-refractivity contribution in [3.8, 4) is 5.69 Å². The first-order chi connectivity index (χ1) is 9.75. The van der Waals surface area contributed by atoms with Crippen LogP contribution < -0.4 is 4.90 Å². The van der Waals surface area contributed by atoms with E-state index in [4.69, 9.17) is 12.2 Å². The third kappa shape index (κ3) is 2.62. The number of hydrogen-bond donors (Lipinski definition) is 1. The van der Waals surface area contributed by atoms with Gasteiger partial charge in [0.15, 0.2) is 0 Å². The van der Waals surface area contributed by atoms with Gasteiger partial charge in [0, 0.05) is 19.6 Å². The van der Waals surface area contributed by atoms with Gasteiger partial charge in [-0.1, -0.05) is 18.2 Å². The molecule has 1 aromatic heterocycles. The SMILES string of the molecule is CN1CCCN(c2n[nH]c(=S)n2-c2ccccc2)CC1. The van der Waals surface area contributed by atoms with E-state index in [1.807, 2.05) is 22.8 Å². The standard InChI is InChI=1S/C14H19N5S/c1-17-8-5-9-18(11-10-17)13-15-16-14(20)19(13)12-6-3-2-4-7-12/h2-4,6-7H,5,8-11H2,1H3,(H,16,20). The average Bonchev–Trinajstić information content (AvgIpc) is 2.71. The lowest BCUT2D eigenvalue weighted by Crippen LogP contribution is -2.30. The molecular formula is C14H19N5S. The maximum absolute atomic E-state index is 5.39. The van der Waals surface area contributed by atoms with E-state index in [2.05, 4.69) is 39.2 Å². The highest BCUT2D eigenvalue weighted by molar-refractivity contribution is 7.71. The van der Waals surface area contributed by atoms with Crippen molar-refractivity contribution in [3.63, 3.8) is 0 Å². The number of anilines is 1. The molecule has 0 unspecified atom stereocenters. The summed E-state index contributed by atoms with van der Waals surface area (Å²) in [5.41, 5.74) is 1.05. The summed E-state index contributed by atoms with van der Waals surface area (Å²) in [7, 11) is 2.16. The van der Waals surface area contributed by atoms with Crippen molar-refractivity contribution < 1.29 is 0 Å². The normalized spacial score (nSPS) is 17.1. The Bertz CT molecular complexity index is 618. The minimum atomic E-state index is 0.642. The zero-order chi connectivity index (χ0) is 13.9. The van der Waals surface area contributed by atoms with Gasteiger partial charge in [-0.2, -0.15) is 0 Å². The second-order valence-electron chi connectivity index (χ2n) is 5.14. The molecule has 1 N–H and O–H groups in total. The van der Waals surface area contributed by atoms with E-state index in [9.17, 15) is 0 Å². The zero-order valence-corrected chi connectivity index (χ0v) is 12.4. The molecule has 2 aromatic rings. The maximum atomic E-state index is 5.39. The van der Waals surface area contributed by atoms with Gasteiger partial charge in [-0.25, -0.2) is 5.10 Å². The van der Waals surface area contributed by atoms with Crippen LogP contribution >= 0.6 is 12.2 Å². The quantitative estimate of drug-likeness (QED) is 0.859. The number of H-pyrrole nitrogens is 1. The molecule has 0 saturated carbocycles. The summed E-state index contributed by atoms with van der Waals surface area (Å²) in [6, 6.07) is 10.2. The zero-order valence-electron chi connectivity index (χ0n) is 11.6. The fourth-order valence-corrected chi connectivity index (χ4v) is 2.79. The van der Waals surface area contributed by atoms with Gasteiger partial charge >= 0.3 is 0 Å². The fourth-order valence-electron chi connectivity index (χ4n) is 2.56. The van der Waals surface area contributed by atoms with Crippen LogP contribution in [0.5, 0.6) is 0 Å². The summed E-state index contributed by atoms with van der Waals surface area (Å²) in [6.45, 7) is 4.17. The highest BCUT2D eigenvalue weighted by Crippen LogP contribution is 2.19. The topological polar surface area (TPSA) is 40.1 Å². The molecule has 106 valence electrons. The Morgan fingerprint density at radius 1 is 1.10 bits per heavy atom. The van der Waals surface area contributed by atoms with E-state index < -0.39 is 0 Å². The first kappa shape index (κ1) is 13.3. The highest BCUT2D eigenvalue weighted by Gasteiger charge is 2.18. The van der Waals surface area contributed by atoms with Gasteiger partial charge in [0.25, 0.3) is 0 Å². The van der Waals surface area contributed by atoms with Crippen LogP contribution in [0.15, 0.2) is 30.3 Å². The van der Waals surface area contributed by atoms with E-state index in [0.29, 0.717) is 4.77 Å². The van der Waals surface area contributed by atoms with Crippen molar-refractivity contribution in [1.29, 1.82) is 0 Å². The number of para-hydroxylation sites is 1. The molecule has 1 aliphatic heterocycles. The second-order valence-corrected chi connectivity index (χ2v) is 5.53. The summed E-state index contributed by atoms with van der Waals surface area (Å²) in [5.74, 6) is 0.913. The Kier molecular flexibility index (Phi) is 3.84. The van der Waals surface area contributed by atoms with Gasteiger partial charge in [0.2, 0.25) is 10.7 Å². The van der Waals surface area contributed by atoms with Gasteiger partial charge in [-0.3, -0.25) is 4.57 Å². The Morgan fingerprint density at radius 3 is 2.70 bits per heavy atom. The molecule has 0 aliphatic carbocycles. The van der Waals surface area contributed by atoms with E-state index in [1.165, 1.54) is 0 Å². The summed E-state index contributed by atoms with van der Waals surface area (Å²) in [4.78, 5) is 4.66. The Balaban J connectivity index is 1.97. The number of aromatic nitrogens is 3. The monoisotopic (exact) mass is 289 g/mol. The molecule has 3 rings (SSSR count). The van der Waals surface area contributed by atoms with Crippen molar-refractivity contribution in [1.82, 2.24) is 19.7 Å². The second kappa shape index (κ2) is 5.76. The number of aromatic amines is 1. The summed E-state index contributed by atoms with van der Waals surface area (Å²) in [5, 5.41) is 7.36. The van der Waals surface area contributed by atoms with Crippen LogP contribution in [0.1, 0.15) is 6.42 Å². The van der Waals surface area contributed by atoms with Crippen molar-refractivity contribution in [3.05, 3.63) is 35.1 Å². The number of likely N-dealkylation sites (N-methyl/N-ethyl adjacent to an activating group) is 1. The van der Waals surface area contributed by atoms with Crippen molar-refractivity contribution in [2.24, 2.45) is 0 Å². The van der Waals surface area contributed by atoms with Gasteiger partial charge in [0.05, 0.1) is 5.69 Å². The van der Waals surface area contributed by atoms with Crippen LogP contribution in [-0.2, 0) is 0 Å². The third-order valence-corrected chi connectivity index (χ3v) is 3.95. The molecule has 2 heterocycles. The molecule has 1 aromatic carbocycles. The van der Waals surface area contributed by atoms with Gasteiger partial charge in [-0.15, -0.1) is 5.10 Å². The van der Waals surface area contributed by atoms with Crippen LogP contribution in [0.3, 0.4) is 0 Å². The molecule has 0 radical (unpaired) electrons. The van der Waals surface area contributed by atoms with E-state index >= 15 is 0 Å². The maximum Gasteiger partial charge on any atom is 0.230 e. The molecule has 0 bridgehead atoms. The number of rotatable bonds is 2. The Morgan fingerprint density at radius 2 is 1.90 bits per heavy atom. The number of nitrogens with one attached hydrogen (secondary N) is 1. The molecule has 5 nitrogen and oxygen atoms in total. The van der Waals surface area contributed by atoms with E-state index in [1.54, 1.807) is 0 Å². The number of benzene rings is 1. The lowest BCUT2D eigenvalue weighted by molar-refractivity contribution is 0.360. The average molecular weight is 289 g/mol. The summed E-state index contributed by atoms with van der Waals surface area (Å²) >= 11 is 5.39. The Hall–Kier alpha value is -1.66. The van der Waals surface area contributed by atoms with E-state index in [0.717, 1.165) is 44.2 Å². The fraction of sp³-hybridized carbons (Fsp3) is 0.429. The predicted molar refractivity (Wildman–Crippen MR) is 83.1 cm³/mol. The molecular weight excluding hydrogens is 270 g/mol. The number of nitrogens with zero attached hydrogens (tertiary/aromatic N) is 4. The molecule has 0 spiro atoms. The van der Waals surface area contributed by atoms with Gasteiger partial charge < -0.3 is 9.80 Å². The molecule has 1 saturated heterocycles. The smallest absolute Gasteiger partial charge is 0.230 e. The summed E-state index contributed by atoms with van der Waals surface area (Å²) in [6.07, 6.45) is 1.14. The Labute approximate surface area is 123 Å². The minimum Gasteiger partial charge on any atom is -0.339 e. The van der Waals surface area contributed by atoms with E-state index in [-0.39, 0.29) is 0 Å². The molecule has 20 heavy (non-hydrogen) atoms. The van der Waals surface area contributed by atoms with Crippen LogP contribution in [0, 0.1) is 4.77 Å². The lowest BCUT2D eigenvalue weighted by atomic mass is 10.3. The predicted octanol–water partition coefficient (Wildman–Crippen LogP) is 2.07. The summed E-state index contributed by atoms with van der Waals surface area (Å²) < 4.78 is 2.66. The molecule has 1 fully saturated rings. The van der Waals surface area contributed by atoms with Crippen LogP contribution in [-0.4, -0.2) is 52.9 Å². The number of hydrogen-bond acceptors (Lipinski definition) is 4. The minimum absolute atomic E-state index is 0.642. The van der Waals surface area contributed by atoms with Crippen LogP contribution in [0.25, 0.3) is 5.69 Å². The lowest BCUT2D eigenvalue weighted by Gasteiger charge is -2.21. The molecule has 0 atom stereocenters. The highest BCUT2D eigenvalue weighted by atomic mass is 32.1. The molecule has 1 aliphatic rings. The van der Waals surface area contributed by atoms with Crippen LogP contribution in [0.4, 0.5) is 5.95 Å². The first-order valence-corrected chi connectivity index (χ1v) is 7.33. The largest absolute Gasteiger partial charge is 0.339 e. The van der Waals surface area contributed by atoms with Crippen LogP contribution in [0.2, 0.25) is 0 Å². The van der Waals surface area contributed by atoms with Crippen molar-refractivity contribution in [2.75, 3.05) is 38.1 Å². The first-order valence-electron chi connectivity index (χ1n) is 6.92. The van der Waals surface area contributed by atoms with Crippen molar-refractivity contribution >= 4 is 18.2 Å². The van der Waals surface area contributed by atoms with Crippen molar-refractivity contribution in [2.45, 2.75) is 6.42 Å². The molecule has 6 heteroatoms. The molecule has 0 amide bonds.